The van der Waals surface area contributed by atoms with Crippen molar-refractivity contribution >= 4 is 11.7 Å². The molecule has 0 radical (unpaired) electrons. The van der Waals surface area contributed by atoms with Crippen molar-refractivity contribution in [3.05, 3.63) is 59.9 Å². The summed E-state index contributed by atoms with van der Waals surface area (Å²) >= 11 is 0. The van der Waals surface area contributed by atoms with Gasteiger partial charge in [-0.05, 0) is 37.0 Å². The van der Waals surface area contributed by atoms with Gasteiger partial charge >= 0.3 is 6.03 Å². The Labute approximate surface area is 174 Å². The van der Waals surface area contributed by atoms with Crippen LogP contribution in [0.5, 0.6) is 0 Å². The van der Waals surface area contributed by atoms with Crippen LogP contribution in [0, 0.1) is 17.6 Å². The molecule has 8 heteroatoms. The smallest absolute Gasteiger partial charge is 0.317 e. The molecule has 2 aliphatic heterocycles. The number of morpholine rings is 1. The molecule has 3 heterocycles. The van der Waals surface area contributed by atoms with Crippen LogP contribution in [0.2, 0.25) is 0 Å². The first kappa shape index (κ1) is 20.5. The van der Waals surface area contributed by atoms with E-state index in [-0.39, 0.29) is 18.1 Å². The van der Waals surface area contributed by atoms with Crippen LogP contribution in [0.4, 0.5) is 19.3 Å². The fourth-order valence-electron chi connectivity index (χ4n) is 4.08. The number of pyridine rings is 1. The van der Waals surface area contributed by atoms with Crippen molar-refractivity contribution in [3.63, 3.8) is 0 Å². The van der Waals surface area contributed by atoms with Gasteiger partial charge in [-0.3, -0.25) is 4.98 Å². The van der Waals surface area contributed by atoms with E-state index in [1.165, 1.54) is 17.8 Å². The summed E-state index contributed by atoms with van der Waals surface area (Å²) in [6.45, 7) is 3.54. The van der Waals surface area contributed by atoms with Gasteiger partial charge in [-0.25, -0.2) is 13.6 Å². The number of carbonyl (C=O) groups is 1. The monoisotopic (exact) mass is 416 g/mol. The molecule has 0 spiro atoms. The molecule has 160 valence electrons. The molecule has 6 nitrogen and oxygen atoms in total. The molecule has 4 rings (SSSR count). The number of benzene rings is 1. The molecule has 2 aliphatic rings. The maximum atomic E-state index is 14.1. The molecule has 1 unspecified atom stereocenters. The van der Waals surface area contributed by atoms with Crippen molar-refractivity contribution in [2.24, 2.45) is 5.92 Å². The van der Waals surface area contributed by atoms with Gasteiger partial charge in [-0.2, -0.15) is 0 Å². The maximum Gasteiger partial charge on any atom is 0.317 e. The zero-order valence-electron chi connectivity index (χ0n) is 16.8. The summed E-state index contributed by atoms with van der Waals surface area (Å²) in [5.74, 6) is -0.849. The Bertz CT molecular complexity index is 859. The third kappa shape index (κ3) is 4.87. The highest BCUT2D eigenvalue weighted by Crippen LogP contribution is 2.26. The summed E-state index contributed by atoms with van der Waals surface area (Å²) in [5, 5.41) is 3.02. The van der Waals surface area contributed by atoms with Crippen LogP contribution >= 0.6 is 0 Å². The van der Waals surface area contributed by atoms with E-state index in [9.17, 15) is 13.6 Å². The van der Waals surface area contributed by atoms with Gasteiger partial charge in [0.05, 0.1) is 13.2 Å². The number of amides is 2. The molecular formula is C22H26F2N4O2. The van der Waals surface area contributed by atoms with Crippen LogP contribution in [0.3, 0.4) is 0 Å². The molecule has 1 atom stereocenters. The van der Waals surface area contributed by atoms with Crippen LogP contribution in [0.15, 0.2) is 42.7 Å². The Morgan fingerprint density at radius 2 is 1.90 bits per heavy atom. The van der Waals surface area contributed by atoms with E-state index in [0.29, 0.717) is 25.6 Å². The first-order valence-electron chi connectivity index (χ1n) is 10.3. The predicted octanol–water partition coefficient (Wildman–Crippen LogP) is 3.36. The highest BCUT2D eigenvalue weighted by atomic mass is 19.1. The van der Waals surface area contributed by atoms with E-state index in [4.69, 9.17) is 4.74 Å². The Kier molecular flexibility index (Phi) is 6.42. The number of ether oxygens (including phenoxy) is 1. The third-order valence-electron chi connectivity index (χ3n) is 5.85. The Morgan fingerprint density at radius 1 is 1.13 bits per heavy atom. The number of hydrogen-bond donors (Lipinski definition) is 1. The number of urea groups is 1. The summed E-state index contributed by atoms with van der Waals surface area (Å²) in [6, 6.07) is 7.30. The van der Waals surface area contributed by atoms with Gasteiger partial charge in [0.2, 0.25) is 0 Å². The van der Waals surface area contributed by atoms with Gasteiger partial charge in [0.25, 0.3) is 0 Å². The fraction of sp³-hybridized carbons (Fsp3) is 0.455. The van der Waals surface area contributed by atoms with Gasteiger partial charge in [0, 0.05) is 55.9 Å². The lowest BCUT2D eigenvalue weighted by Gasteiger charge is -2.35. The summed E-state index contributed by atoms with van der Waals surface area (Å²) in [5.41, 5.74) is 1.46. The average molecular weight is 416 g/mol. The quantitative estimate of drug-likeness (QED) is 0.831. The lowest BCUT2D eigenvalue weighted by molar-refractivity contribution is -0.0172. The normalized spacial score (nSPS) is 20.3. The Morgan fingerprint density at radius 3 is 2.63 bits per heavy atom. The minimum atomic E-state index is -0.650. The highest BCUT2D eigenvalue weighted by Gasteiger charge is 2.28. The first-order valence-corrected chi connectivity index (χ1v) is 10.3. The van der Waals surface area contributed by atoms with Crippen LogP contribution in [0.1, 0.15) is 24.5 Å². The zero-order valence-corrected chi connectivity index (χ0v) is 16.8. The molecular weight excluding hydrogens is 390 g/mol. The fourth-order valence-corrected chi connectivity index (χ4v) is 4.08. The molecule has 0 aliphatic carbocycles. The summed E-state index contributed by atoms with van der Waals surface area (Å²) in [4.78, 5) is 20.7. The van der Waals surface area contributed by atoms with Gasteiger partial charge in [-0.15, -0.1) is 0 Å². The second-order valence-electron chi connectivity index (χ2n) is 7.79. The van der Waals surface area contributed by atoms with E-state index in [0.717, 1.165) is 32.0 Å². The summed E-state index contributed by atoms with van der Waals surface area (Å²) in [6.07, 6.45) is 5.03. The molecule has 2 amide bonds. The number of rotatable bonds is 4. The third-order valence-corrected chi connectivity index (χ3v) is 5.85. The predicted molar refractivity (Wildman–Crippen MR) is 109 cm³/mol. The van der Waals surface area contributed by atoms with E-state index in [1.54, 1.807) is 17.3 Å². The molecule has 2 saturated heterocycles. The minimum absolute atomic E-state index is 0.164. The van der Waals surface area contributed by atoms with E-state index >= 15 is 0 Å². The average Bonchev–Trinajstić information content (AvgIpc) is 2.78. The number of carbonyl (C=O) groups excluding carboxylic acids is 1. The molecule has 1 aromatic heterocycles. The van der Waals surface area contributed by atoms with Crippen LogP contribution in [0.25, 0.3) is 0 Å². The molecule has 1 N–H and O–H groups in total. The number of anilines is 1. The maximum absolute atomic E-state index is 14.1. The van der Waals surface area contributed by atoms with Gasteiger partial charge in [0.15, 0.2) is 0 Å². The molecule has 30 heavy (non-hydrogen) atoms. The van der Waals surface area contributed by atoms with Gasteiger partial charge in [-0.1, -0.05) is 6.07 Å². The Balaban J connectivity index is 1.25. The molecule has 2 fully saturated rings. The molecule has 2 aromatic rings. The lowest BCUT2D eigenvalue weighted by Crippen LogP contribution is -2.49. The van der Waals surface area contributed by atoms with Crippen molar-refractivity contribution in [2.45, 2.75) is 18.9 Å². The standard InChI is InChI=1S/C22H26F2N4O2/c23-17-1-2-19(20(24)13-17)21-15-28(11-12-30-21)22(29)26-14-16-5-9-27(10-6-16)18-3-7-25-8-4-18/h1-4,7-8,13,16,21H,5-6,9-12,14-15H2,(H,26,29). The van der Waals surface area contributed by atoms with Crippen molar-refractivity contribution in [2.75, 3.05) is 44.2 Å². The molecule has 1 aromatic carbocycles. The van der Waals surface area contributed by atoms with Gasteiger partial charge < -0.3 is 19.9 Å². The number of aromatic nitrogens is 1. The second kappa shape index (κ2) is 9.38. The lowest BCUT2D eigenvalue weighted by atomic mass is 9.96. The number of piperidine rings is 1. The van der Waals surface area contributed by atoms with Crippen molar-refractivity contribution in [1.82, 2.24) is 15.2 Å². The van der Waals surface area contributed by atoms with E-state index in [1.807, 2.05) is 12.1 Å². The van der Waals surface area contributed by atoms with Crippen molar-refractivity contribution in [1.29, 1.82) is 0 Å². The molecule has 0 saturated carbocycles. The minimum Gasteiger partial charge on any atom is -0.371 e. The first-order chi connectivity index (χ1) is 14.6. The Hall–Kier alpha value is -2.74. The summed E-state index contributed by atoms with van der Waals surface area (Å²) in [7, 11) is 0. The van der Waals surface area contributed by atoms with Crippen LogP contribution < -0.4 is 10.2 Å². The second-order valence-corrected chi connectivity index (χ2v) is 7.79. The number of nitrogens with one attached hydrogen (secondary N) is 1. The van der Waals surface area contributed by atoms with Crippen LogP contribution in [-0.2, 0) is 4.74 Å². The number of hydrogen-bond acceptors (Lipinski definition) is 4. The highest BCUT2D eigenvalue weighted by molar-refractivity contribution is 5.74. The van der Waals surface area contributed by atoms with Gasteiger partial charge in [0.1, 0.15) is 17.7 Å². The van der Waals surface area contributed by atoms with Crippen molar-refractivity contribution in [3.8, 4) is 0 Å². The largest absolute Gasteiger partial charge is 0.371 e. The number of nitrogens with zero attached hydrogens (tertiary/aromatic N) is 3. The topological polar surface area (TPSA) is 57.7 Å². The number of halogens is 2. The van der Waals surface area contributed by atoms with Crippen LogP contribution in [-0.4, -0.2) is 55.2 Å². The van der Waals surface area contributed by atoms with E-state index in [2.05, 4.69) is 15.2 Å². The van der Waals surface area contributed by atoms with Crippen molar-refractivity contribution < 1.29 is 18.3 Å². The molecule has 0 bridgehead atoms. The zero-order chi connectivity index (χ0) is 20.9. The SMILES string of the molecule is O=C(NCC1CCN(c2ccncc2)CC1)N1CCOC(c2ccc(F)cc2F)C1. The summed E-state index contributed by atoms with van der Waals surface area (Å²) < 4.78 is 32.8. The van der Waals surface area contributed by atoms with E-state index < -0.39 is 17.7 Å².